The van der Waals surface area contributed by atoms with Crippen molar-refractivity contribution in [2.45, 2.75) is 29.4 Å². The molecule has 0 aromatic heterocycles. The van der Waals surface area contributed by atoms with Gasteiger partial charge in [-0.15, -0.1) is 0 Å². The molecule has 1 aliphatic heterocycles. The standard InChI is InChI=1S/C31H25Br2NO7/c1-17-2-4-20(5-3-17)31(39)41-22-12-8-18(9-13-22)27(35)16-40-30(38)19-6-10-21(11-7-19)34-28(36)23-14-25(32)26(33)15-24(23)29(34)37/h2-13,23-26H,14-16H2,1H3/t23-,24-,25-,26+/m1/s1. The molecule has 0 unspecified atom stereocenters. The Hall–Kier alpha value is -3.63. The van der Waals surface area contributed by atoms with Gasteiger partial charge in [0.15, 0.2) is 12.4 Å². The molecule has 5 rings (SSSR count). The normalized spacial score (nSPS) is 21.8. The van der Waals surface area contributed by atoms with Crippen LogP contribution in [0.3, 0.4) is 0 Å². The number of aryl methyl sites for hydroxylation is 1. The van der Waals surface area contributed by atoms with Crippen molar-refractivity contribution in [2.75, 3.05) is 11.5 Å². The molecule has 4 atom stereocenters. The van der Waals surface area contributed by atoms with Gasteiger partial charge in [0.1, 0.15) is 5.75 Å². The molecular weight excluding hydrogens is 658 g/mol. The molecule has 2 fully saturated rings. The minimum absolute atomic E-state index is 0.111. The first-order valence-corrected chi connectivity index (χ1v) is 14.8. The molecule has 210 valence electrons. The fourth-order valence-electron chi connectivity index (χ4n) is 4.96. The van der Waals surface area contributed by atoms with Gasteiger partial charge in [0, 0.05) is 15.2 Å². The molecule has 1 aliphatic carbocycles. The van der Waals surface area contributed by atoms with E-state index in [0.717, 1.165) is 5.56 Å². The third-order valence-corrected chi connectivity index (χ3v) is 10.0. The number of anilines is 1. The Balaban J connectivity index is 1.15. The highest BCUT2D eigenvalue weighted by Crippen LogP contribution is 2.44. The lowest BCUT2D eigenvalue weighted by Gasteiger charge is -2.29. The first-order chi connectivity index (χ1) is 19.6. The van der Waals surface area contributed by atoms with E-state index in [1.807, 2.05) is 19.1 Å². The fraction of sp³-hybridized carbons (Fsp3) is 0.258. The number of hydrogen-bond acceptors (Lipinski definition) is 7. The van der Waals surface area contributed by atoms with Gasteiger partial charge in [-0.05, 0) is 80.4 Å². The molecule has 0 radical (unpaired) electrons. The number of ether oxygens (including phenoxy) is 2. The Labute approximate surface area is 253 Å². The number of imide groups is 1. The van der Waals surface area contributed by atoms with Gasteiger partial charge in [0.05, 0.1) is 28.7 Å². The Morgan fingerprint density at radius 3 is 1.78 bits per heavy atom. The Bertz CT molecular complexity index is 1470. The van der Waals surface area contributed by atoms with Crippen LogP contribution in [0.2, 0.25) is 0 Å². The van der Waals surface area contributed by atoms with Crippen LogP contribution >= 0.6 is 31.9 Å². The minimum atomic E-state index is -0.717. The average molecular weight is 683 g/mol. The Morgan fingerprint density at radius 2 is 1.22 bits per heavy atom. The topological polar surface area (TPSA) is 107 Å². The molecule has 2 aliphatic rings. The lowest BCUT2D eigenvalue weighted by atomic mass is 9.81. The molecule has 1 saturated carbocycles. The number of fused-ring (bicyclic) bond motifs is 1. The van der Waals surface area contributed by atoms with Gasteiger partial charge in [0.25, 0.3) is 0 Å². The summed E-state index contributed by atoms with van der Waals surface area (Å²) in [5, 5.41) is 0. The van der Waals surface area contributed by atoms with E-state index in [4.69, 9.17) is 9.47 Å². The molecule has 2 amide bonds. The van der Waals surface area contributed by atoms with Crippen LogP contribution in [0.4, 0.5) is 5.69 Å². The van der Waals surface area contributed by atoms with Crippen molar-refractivity contribution in [1.29, 1.82) is 0 Å². The molecule has 3 aromatic rings. The van der Waals surface area contributed by atoms with Crippen molar-refractivity contribution >= 4 is 67.1 Å². The number of halogens is 2. The predicted octanol–water partition coefficient (Wildman–Crippen LogP) is 5.68. The zero-order valence-corrected chi connectivity index (χ0v) is 25.1. The zero-order chi connectivity index (χ0) is 29.3. The summed E-state index contributed by atoms with van der Waals surface area (Å²) in [6, 6.07) is 18.9. The van der Waals surface area contributed by atoms with Crippen molar-refractivity contribution in [1.82, 2.24) is 0 Å². The third-order valence-electron chi connectivity index (χ3n) is 7.28. The van der Waals surface area contributed by atoms with Gasteiger partial charge in [-0.2, -0.15) is 0 Å². The largest absolute Gasteiger partial charge is 0.454 e. The van der Waals surface area contributed by atoms with E-state index < -0.39 is 24.3 Å². The maximum atomic E-state index is 13.0. The maximum Gasteiger partial charge on any atom is 0.343 e. The number of esters is 2. The predicted molar refractivity (Wildman–Crippen MR) is 158 cm³/mol. The molecule has 0 bridgehead atoms. The highest BCUT2D eigenvalue weighted by Gasteiger charge is 2.52. The van der Waals surface area contributed by atoms with Gasteiger partial charge in [0.2, 0.25) is 11.8 Å². The van der Waals surface area contributed by atoms with Gasteiger partial charge in [-0.3, -0.25) is 19.3 Å². The molecular formula is C31H25Br2NO7. The van der Waals surface area contributed by atoms with Crippen molar-refractivity contribution < 1.29 is 33.4 Å². The number of ketones is 1. The third kappa shape index (κ3) is 6.18. The van der Waals surface area contributed by atoms with E-state index in [2.05, 4.69) is 31.9 Å². The second-order valence-electron chi connectivity index (χ2n) is 10.1. The number of rotatable bonds is 7. The van der Waals surface area contributed by atoms with Crippen molar-refractivity contribution in [3.05, 3.63) is 95.1 Å². The summed E-state index contributed by atoms with van der Waals surface area (Å²) >= 11 is 7.16. The molecule has 0 spiro atoms. The molecule has 10 heteroatoms. The summed E-state index contributed by atoms with van der Waals surface area (Å²) < 4.78 is 10.5. The highest BCUT2D eigenvalue weighted by molar-refractivity contribution is 9.12. The molecule has 1 saturated heterocycles. The Morgan fingerprint density at radius 1 is 0.732 bits per heavy atom. The summed E-state index contributed by atoms with van der Waals surface area (Å²) in [5.41, 5.74) is 2.29. The van der Waals surface area contributed by atoms with E-state index >= 15 is 0 Å². The number of hydrogen-bond donors (Lipinski definition) is 0. The number of alkyl halides is 2. The van der Waals surface area contributed by atoms with Crippen LogP contribution in [0.1, 0.15) is 49.5 Å². The number of carbonyl (C=O) groups is 5. The van der Waals surface area contributed by atoms with E-state index in [-0.39, 0.29) is 50.2 Å². The number of amides is 2. The monoisotopic (exact) mass is 681 g/mol. The van der Waals surface area contributed by atoms with Gasteiger partial charge in [-0.1, -0.05) is 49.6 Å². The van der Waals surface area contributed by atoms with Crippen LogP contribution in [0.15, 0.2) is 72.8 Å². The summed E-state index contributed by atoms with van der Waals surface area (Å²) in [5.74, 6) is -2.60. The SMILES string of the molecule is Cc1ccc(C(=O)Oc2ccc(C(=O)COC(=O)c3ccc(N4C(=O)[C@@H]5C[C@@H](Br)[C@@H](Br)C[C@H]5C4=O)cc3)cc2)cc1. The van der Waals surface area contributed by atoms with E-state index in [9.17, 15) is 24.0 Å². The number of benzene rings is 3. The summed E-state index contributed by atoms with van der Waals surface area (Å²) in [6.07, 6.45) is 1.14. The van der Waals surface area contributed by atoms with Gasteiger partial charge < -0.3 is 9.47 Å². The lowest BCUT2D eigenvalue weighted by Crippen LogP contribution is -2.34. The van der Waals surface area contributed by atoms with E-state index in [1.54, 1.807) is 12.1 Å². The molecule has 0 N–H and O–H groups in total. The van der Waals surface area contributed by atoms with E-state index in [0.29, 0.717) is 24.1 Å². The van der Waals surface area contributed by atoms with Crippen LogP contribution in [-0.4, -0.2) is 45.8 Å². The first-order valence-electron chi connectivity index (χ1n) is 13.0. The van der Waals surface area contributed by atoms with Gasteiger partial charge in [-0.25, -0.2) is 9.59 Å². The number of nitrogens with zero attached hydrogens (tertiary/aromatic N) is 1. The van der Waals surface area contributed by atoms with Crippen LogP contribution in [-0.2, 0) is 14.3 Å². The van der Waals surface area contributed by atoms with E-state index in [1.165, 1.54) is 53.4 Å². The quantitative estimate of drug-likeness (QED) is 0.104. The molecule has 8 nitrogen and oxygen atoms in total. The Kier molecular flexibility index (Phi) is 8.51. The van der Waals surface area contributed by atoms with Crippen molar-refractivity contribution in [2.24, 2.45) is 11.8 Å². The summed E-state index contributed by atoms with van der Waals surface area (Å²) in [4.78, 5) is 64.8. The zero-order valence-electron chi connectivity index (χ0n) is 21.9. The summed E-state index contributed by atoms with van der Waals surface area (Å²) in [6.45, 7) is 1.43. The summed E-state index contributed by atoms with van der Waals surface area (Å²) in [7, 11) is 0. The lowest BCUT2D eigenvalue weighted by molar-refractivity contribution is -0.122. The highest BCUT2D eigenvalue weighted by atomic mass is 79.9. The second-order valence-corrected chi connectivity index (χ2v) is 12.4. The van der Waals surface area contributed by atoms with Crippen LogP contribution < -0.4 is 9.64 Å². The van der Waals surface area contributed by atoms with Gasteiger partial charge >= 0.3 is 11.9 Å². The smallest absolute Gasteiger partial charge is 0.343 e. The first kappa shape index (κ1) is 28.9. The molecule has 1 heterocycles. The van der Waals surface area contributed by atoms with Crippen LogP contribution in [0.5, 0.6) is 5.75 Å². The van der Waals surface area contributed by atoms with Crippen molar-refractivity contribution in [3.8, 4) is 5.75 Å². The minimum Gasteiger partial charge on any atom is -0.454 e. The maximum absolute atomic E-state index is 13.0. The van der Waals surface area contributed by atoms with Crippen LogP contribution in [0.25, 0.3) is 0 Å². The molecule has 3 aromatic carbocycles. The van der Waals surface area contributed by atoms with Crippen LogP contribution in [0, 0.1) is 18.8 Å². The molecule has 41 heavy (non-hydrogen) atoms. The number of carbonyl (C=O) groups excluding carboxylic acids is 5. The number of Topliss-reactive ketones (excluding diaryl/α,β-unsaturated/α-hetero) is 1. The second kappa shape index (κ2) is 12.1. The van der Waals surface area contributed by atoms with Crippen molar-refractivity contribution in [3.63, 3.8) is 0 Å². The fourth-order valence-corrected chi connectivity index (χ4v) is 6.20. The average Bonchev–Trinajstić information content (AvgIpc) is 3.20.